The van der Waals surface area contributed by atoms with Crippen LogP contribution >= 0.6 is 11.9 Å². The highest BCUT2D eigenvalue weighted by molar-refractivity contribution is 7.96. The van der Waals surface area contributed by atoms with Gasteiger partial charge in [-0.3, -0.25) is 4.31 Å². The highest BCUT2D eigenvalue weighted by Crippen LogP contribution is 2.10. The van der Waals surface area contributed by atoms with E-state index in [9.17, 15) is 0 Å². The highest BCUT2D eigenvalue weighted by atomic mass is 32.2. The maximum Gasteiger partial charge on any atom is 0.0112 e. The zero-order chi connectivity index (χ0) is 7.98. The number of hydrogen-bond donors (Lipinski definition) is 0. The first-order valence-electron chi connectivity index (χ1n) is 3.96. The summed E-state index contributed by atoms with van der Waals surface area (Å²) in [5.41, 5.74) is 0. The fourth-order valence-corrected chi connectivity index (χ4v) is 1.50. The summed E-state index contributed by atoms with van der Waals surface area (Å²) in [6.07, 6.45) is 4.78. The fourth-order valence-electron chi connectivity index (χ4n) is 1.10. The Bertz CT molecular complexity index is 75.7. The molecule has 0 aliphatic carbocycles. The highest BCUT2D eigenvalue weighted by Gasteiger charge is 2.02. The van der Waals surface area contributed by atoms with E-state index in [0.29, 0.717) is 0 Å². The Morgan fingerprint density at radius 2 is 2.10 bits per heavy atom. The molecule has 0 heterocycles. The van der Waals surface area contributed by atoms with E-state index in [0.717, 1.165) is 5.92 Å². The molecular formula is C8H19NS. The van der Waals surface area contributed by atoms with Crippen molar-refractivity contribution in [3.05, 3.63) is 0 Å². The average Bonchev–Trinajstić information content (AvgIpc) is 1.88. The third-order valence-electron chi connectivity index (χ3n) is 1.66. The minimum absolute atomic E-state index is 0.849. The Labute approximate surface area is 69.3 Å². The molecule has 0 rings (SSSR count). The molecule has 0 bridgehead atoms. The summed E-state index contributed by atoms with van der Waals surface area (Å²) in [5, 5.41) is 0. The van der Waals surface area contributed by atoms with E-state index >= 15 is 0 Å². The summed E-state index contributed by atoms with van der Waals surface area (Å²) in [7, 11) is 2.15. The second-order valence-corrected chi connectivity index (χ2v) is 3.88. The van der Waals surface area contributed by atoms with Crippen LogP contribution in [0.5, 0.6) is 0 Å². The van der Waals surface area contributed by atoms with Crippen LogP contribution in [-0.4, -0.2) is 24.2 Å². The molecule has 1 atom stereocenters. The van der Waals surface area contributed by atoms with E-state index in [1.54, 1.807) is 0 Å². The average molecular weight is 161 g/mol. The normalized spacial score (nSPS) is 14.1. The van der Waals surface area contributed by atoms with Crippen LogP contribution in [-0.2, 0) is 0 Å². The van der Waals surface area contributed by atoms with E-state index in [-0.39, 0.29) is 0 Å². The molecule has 0 saturated heterocycles. The summed E-state index contributed by atoms with van der Waals surface area (Å²) >= 11 is 1.81. The van der Waals surface area contributed by atoms with Crippen LogP contribution < -0.4 is 0 Å². The lowest BCUT2D eigenvalue weighted by atomic mass is 10.1. The van der Waals surface area contributed by atoms with Gasteiger partial charge in [-0.2, -0.15) is 0 Å². The van der Waals surface area contributed by atoms with Gasteiger partial charge >= 0.3 is 0 Å². The van der Waals surface area contributed by atoms with E-state index < -0.39 is 0 Å². The Balaban J connectivity index is 3.27. The van der Waals surface area contributed by atoms with E-state index in [1.165, 1.54) is 19.4 Å². The number of hydrogen-bond acceptors (Lipinski definition) is 2. The van der Waals surface area contributed by atoms with Gasteiger partial charge in [0.25, 0.3) is 0 Å². The lowest BCUT2D eigenvalue weighted by Crippen LogP contribution is -2.16. The minimum Gasteiger partial charge on any atom is -0.254 e. The van der Waals surface area contributed by atoms with Crippen molar-refractivity contribution in [1.82, 2.24) is 4.31 Å². The van der Waals surface area contributed by atoms with Crippen LogP contribution in [0.3, 0.4) is 0 Å². The zero-order valence-electron chi connectivity index (χ0n) is 7.55. The van der Waals surface area contributed by atoms with Crippen molar-refractivity contribution in [1.29, 1.82) is 0 Å². The molecule has 0 amide bonds. The molecule has 10 heavy (non-hydrogen) atoms. The largest absolute Gasteiger partial charge is 0.254 e. The molecule has 1 unspecified atom stereocenters. The second kappa shape index (κ2) is 6.05. The van der Waals surface area contributed by atoms with E-state index in [2.05, 4.69) is 31.5 Å². The Morgan fingerprint density at radius 1 is 1.50 bits per heavy atom. The standard InChI is InChI=1S/C8H19NS/c1-5-6-8(2)7-9(3)10-4/h8H,5-7H2,1-4H3. The summed E-state index contributed by atoms with van der Waals surface area (Å²) < 4.78 is 2.29. The van der Waals surface area contributed by atoms with E-state index in [1.807, 2.05) is 11.9 Å². The van der Waals surface area contributed by atoms with Crippen molar-refractivity contribution in [3.63, 3.8) is 0 Å². The van der Waals surface area contributed by atoms with Crippen LogP contribution in [0.2, 0.25) is 0 Å². The SMILES string of the molecule is CCCC(C)CN(C)SC. The van der Waals surface area contributed by atoms with Gasteiger partial charge in [0, 0.05) is 6.54 Å². The molecule has 0 spiro atoms. The number of rotatable bonds is 5. The van der Waals surface area contributed by atoms with Crippen LogP contribution in [0.1, 0.15) is 26.7 Å². The van der Waals surface area contributed by atoms with Gasteiger partial charge in [-0.25, -0.2) is 0 Å². The quantitative estimate of drug-likeness (QED) is 0.570. The van der Waals surface area contributed by atoms with Gasteiger partial charge < -0.3 is 0 Å². The maximum atomic E-state index is 2.32. The number of nitrogens with zero attached hydrogens (tertiary/aromatic N) is 1. The van der Waals surface area contributed by atoms with Crippen molar-refractivity contribution in [3.8, 4) is 0 Å². The lowest BCUT2D eigenvalue weighted by molar-refractivity contribution is 0.415. The van der Waals surface area contributed by atoms with Crippen LogP contribution in [0.15, 0.2) is 0 Å². The molecule has 0 radical (unpaired) electrons. The monoisotopic (exact) mass is 161 g/mol. The Kier molecular flexibility index (Phi) is 6.24. The van der Waals surface area contributed by atoms with Crippen LogP contribution in [0, 0.1) is 5.92 Å². The maximum absolute atomic E-state index is 2.32. The van der Waals surface area contributed by atoms with Crippen molar-refractivity contribution in [2.75, 3.05) is 19.8 Å². The fraction of sp³-hybridized carbons (Fsp3) is 1.00. The topological polar surface area (TPSA) is 3.24 Å². The smallest absolute Gasteiger partial charge is 0.0112 e. The zero-order valence-corrected chi connectivity index (χ0v) is 8.37. The van der Waals surface area contributed by atoms with Gasteiger partial charge in [0.1, 0.15) is 0 Å². The molecule has 0 aliphatic rings. The van der Waals surface area contributed by atoms with Crippen LogP contribution in [0.4, 0.5) is 0 Å². The first kappa shape index (κ1) is 10.3. The lowest BCUT2D eigenvalue weighted by Gasteiger charge is -2.17. The molecule has 62 valence electrons. The van der Waals surface area contributed by atoms with Crippen molar-refractivity contribution in [2.45, 2.75) is 26.7 Å². The molecule has 2 heteroatoms. The predicted octanol–water partition coefficient (Wildman–Crippen LogP) is 2.63. The van der Waals surface area contributed by atoms with Gasteiger partial charge in [-0.15, -0.1) is 0 Å². The molecule has 0 aromatic rings. The molecule has 1 nitrogen and oxygen atoms in total. The van der Waals surface area contributed by atoms with Crippen molar-refractivity contribution < 1.29 is 0 Å². The van der Waals surface area contributed by atoms with Gasteiger partial charge in [0.15, 0.2) is 0 Å². The van der Waals surface area contributed by atoms with Crippen LogP contribution in [0.25, 0.3) is 0 Å². The summed E-state index contributed by atoms with van der Waals surface area (Å²) in [4.78, 5) is 0. The van der Waals surface area contributed by atoms with Crippen molar-refractivity contribution >= 4 is 11.9 Å². The molecule has 0 aromatic carbocycles. The molecular weight excluding hydrogens is 142 g/mol. The summed E-state index contributed by atoms with van der Waals surface area (Å²) in [5.74, 6) is 0.849. The third kappa shape index (κ3) is 5.12. The molecule has 0 saturated carbocycles. The second-order valence-electron chi connectivity index (χ2n) is 2.89. The molecule has 0 fully saturated rings. The first-order valence-corrected chi connectivity index (χ1v) is 5.14. The van der Waals surface area contributed by atoms with Gasteiger partial charge in [-0.1, -0.05) is 32.2 Å². The minimum atomic E-state index is 0.849. The van der Waals surface area contributed by atoms with Crippen molar-refractivity contribution in [2.24, 2.45) is 5.92 Å². The van der Waals surface area contributed by atoms with Gasteiger partial charge in [-0.05, 0) is 25.6 Å². The predicted molar refractivity (Wildman–Crippen MR) is 50.2 cm³/mol. The van der Waals surface area contributed by atoms with E-state index in [4.69, 9.17) is 0 Å². The summed E-state index contributed by atoms with van der Waals surface area (Å²) in [6, 6.07) is 0. The Morgan fingerprint density at radius 3 is 2.50 bits per heavy atom. The molecule has 0 aromatic heterocycles. The van der Waals surface area contributed by atoms with Gasteiger partial charge in [0.2, 0.25) is 0 Å². The molecule has 0 aliphatic heterocycles. The first-order chi connectivity index (χ1) is 4.70. The van der Waals surface area contributed by atoms with Gasteiger partial charge in [0.05, 0.1) is 0 Å². The summed E-state index contributed by atoms with van der Waals surface area (Å²) in [6.45, 7) is 5.78. The Hall–Kier alpha value is 0.310. The molecule has 0 N–H and O–H groups in total. The third-order valence-corrected chi connectivity index (χ3v) is 2.43.